The number of carbonyl (C=O) groups is 1. The van der Waals surface area contributed by atoms with Gasteiger partial charge in [0.1, 0.15) is 6.54 Å². The first-order valence-electron chi connectivity index (χ1n) is 5.50. The number of alkyl halides is 3. The van der Waals surface area contributed by atoms with Crippen molar-refractivity contribution in [2.24, 2.45) is 0 Å². The fraction of sp³-hybridized carbons (Fsp3) is 0.364. The Morgan fingerprint density at radius 1 is 1.25 bits per heavy atom. The average molecular weight is 311 g/mol. The van der Waals surface area contributed by atoms with E-state index >= 15 is 0 Å². The van der Waals surface area contributed by atoms with Crippen molar-refractivity contribution in [3.63, 3.8) is 0 Å². The number of rotatable bonds is 5. The summed E-state index contributed by atoms with van der Waals surface area (Å²) >= 11 is 0. The minimum absolute atomic E-state index is 0.0228. The Kier molecular flexibility index (Phi) is 4.98. The molecule has 9 heteroatoms. The van der Waals surface area contributed by atoms with Gasteiger partial charge < -0.3 is 4.74 Å². The maximum absolute atomic E-state index is 12.6. The van der Waals surface area contributed by atoms with E-state index in [1.165, 1.54) is 25.1 Å². The standard InChI is InChI=1S/C11H12F3NO4S/c1-2-19-10(16)8-15(9-6-4-3-5-7-9)20(17,18)11(12,13)14/h3-7H,2,8H2,1H3. The van der Waals surface area contributed by atoms with Gasteiger partial charge in [-0.15, -0.1) is 0 Å². The molecule has 0 unspecified atom stereocenters. The highest BCUT2D eigenvalue weighted by molar-refractivity contribution is 7.93. The Balaban J connectivity index is 3.19. The van der Waals surface area contributed by atoms with E-state index in [4.69, 9.17) is 0 Å². The van der Waals surface area contributed by atoms with Crippen LogP contribution in [0.4, 0.5) is 18.9 Å². The second-order valence-corrected chi connectivity index (χ2v) is 5.45. The topological polar surface area (TPSA) is 63.7 Å². The smallest absolute Gasteiger partial charge is 0.465 e. The Labute approximate surface area is 114 Å². The van der Waals surface area contributed by atoms with Crippen LogP contribution in [0.2, 0.25) is 0 Å². The summed E-state index contributed by atoms with van der Waals surface area (Å²) in [6.45, 7) is 0.357. The van der Waals surface area contributed by atoms with Crippen LogP contribution in [0.15, 0.2) is 30.3 Å². The number of hydrogen-bond acceptors (Lipinski definition) is 4. The van der Waals surface area contributed by atoms with E-state index < -0.39 is 28.0 Å². The lowest BCUT2D eigenvalue weighted by Gasteiger charge is -2.24. The summed E-state index contributed by atoms with van der Waals surface area (Å²) in [6.07, 6.45) is 0. The molecular weight excluding hydrogens is 299 g/mol. The minimum atomic E-state index is -5.67. The van der Waals surface area contributed by atoms with Gasteiger partial charge in [0.05, 0.1) is 12.3 Å². The van der Waals surface area contributed by atoms with Crippen molar-refractivity contribution in [1.82, 2.24) is 0 Å². The molecule has 1 aromatic carbocycles. The Morgan fingerprint density at radius 3 is 2.25 bits per heavy atom. The summed E-state index contributed by atoms with van der Waals surface area (Å²) in [5, 5.41) is 0. The number of hydrogen-bond donors (Lipinski definition) is 0. The zero-order valence-corrected chi connectivity index (χ0v) is 11.2. The molecule has 0 fully saturated rings. The van der Waals surface area contributed by atoms with Crippen LogP contribution in [-0.2, 0) is 19.6 Å². The Morgan fingerprint density at radius 2 is 1.80 bits per heavy atom. The van der Waals surface area contributed by atoms with Gasteiger partial charge in [-0.3, -0.25) is 9.10 Å². The molecule has 0 spiro atoms. The van der Waals surface area contributed by atoms with E-state index in [1.54, 1.807) is 0 Å². The van der Waals surface area contributed by atoms with Gasteiger partial charge in [0.2, 0.25) is 0 Å². The average Bonchev–Trinajstić information content (AvgIpc) is 2.36. The maximum Gasteiger partial charge on any atom is 0.516 e. The van der Waals surface area contributed by atoms with Gasteiger partial charge in [0.25, 0.3) is 0 Å². The van der Waals surface area contributed by atoms with E-state index in [2.05, 4.69) is 4.74 Å². The molecule has 0 amide bonds. The zero-order chi connectivity index (χ0) is 15.4. The van der Waals surface area contributed by atoms with Crippen LogP contribution in [0.3, 0.4) is 0 Å². The third kappa shape index (κ3) is 3.62. The monoisotopic (exact) mass is 311 g/mol. The van der Waals surface area contributed by atoms with Crippen molar-refractivity contribution in [2.75, 3.05) is 17.5 Å². The van der Waals surface area contributed by atoms with Crippen molar-refractivity contribution in [2.45, 2.75) is 12.4 Å². The molecule has 0 radical (unpaired) electrons. The van der Waals surface area contributed by atoms with Gasteiger partial charge in [-0.25, -0.2) is 0 Å². The lowest BCUT2D eigenvalue weighted by Crippen LogP contribution is -2.44. The van der Waals surface area contributed by atoms with Gasteiger partial charge in [0, 0.05) is 0 Å². The van der Waals surface area contributed by atoms with Crippen molar-refractivity contribution < 1.29 is 31.1 Å². The van der Waals surface area contributed by atoms with Crippen molar-refractivity contribution in [3.8, 4) is 0 Å². The highest BCUT2D eigenvalue weighted by Gasteiger charge is 2.50. The summed E-state index contributed by atoms with van der Waals surface area (Å²) in [7, 11) is -5.67. The quantitative estimate of drug-likeness (QED) is 0.779. The van der Waals surface area contributed by atoms with Crippen molar-refractivity contribution in [1.29, 1.82) is 0 Å². The number of halogens is 3. The molecule has 1 aromatic rings. The number of anilines is 1. The molecular formula is C11H12F3NO4S. The van der Waals surface area contributed by atoms with Gasteiger partial charge in [0.15, 0.2) is 0 Å². The summed E-state index contributed by atoms with van der Waals surface area (Å²) in [6, 6.07) is 6.54. The van der Waals surface area contributed by atoms with Crippen molar-refractivity contribution >= 4 is 21.7 Å². The summed E-state index contributed by atoms with van der Waals surface area (Å²) in [5.41, 5.74) is -5.77. The van der Waals surface area contributed by atoms with Crippen molar-refractivity contribution in [3.05, 3.63) is 30.3 Å². The number of ether oxygens (including phenoxy) is 1. The van der Waals surface area contributed by atoms with Crippen LogP contribution >= 0.6 is 0 Å². The second-order valence-electron chi connectivity index (χ2n) is 3.60. The van der Waals surface area contributed by atoms with Crippen LogP contribution in [-0.4, -0.2) is 33.0 Å². The number of nitrogens with zero attached hydrogens (tertiary/aromatic N) is 1. The van der Waals surface area contributed by atoms with Crippen LogP contribution in [0.1, 0.15) is 6.92 Å². The summed E-state index contributed by atoms with van der Waals surface area (Å²) in [5.74, 6) is -1.07. The molecule has 0 bridgehead atoms. The molecule has 0 aliphatic carbocycles. The molecule has 0 N–H and O–H groups in total. The molecule has 0 aliphatic rings. The summed E-state index contributed by atoms with van der Waals surface area (Å²) in [4.78, 5) is 11.3. The highest BCUT2D eigenvalue weighted by atomic mass is 32.2. The van der Waals surface area contributed by atoms with E-state index in [1.807, 2.05) is 0 Å². The lowest BCUT2D eigenvalue weighted by atomic mass is 10.3. The number of para-hydroxylation sites is 1. The second kappa shape index (κ2) is 6.12. The molecule has 0 saturated heterocycles. The van der Waals surface area contributed by atoms with Crippen LogP contribution in [0.5, 0.6) is 0 Å². The van der Waals surface area contributed by atoms with Crippen LogP contribution in [0, 0.1) is 0 Å². The first-order chi connectivity index (χ1) is 9.20. The van der Waals surface area contributed by atoms with Gasteiger partial charge in [-0.05, 0) is 19.1 Å². The molecule has 5 nitrogen and oxygen atoms in total. The SMILES string of the molecule is CCOC(=O)CN(c1ccccc1)S(=O)(=O)C(F)(F)F. The van der Waals surface area contributed by atoms with E-state index in [0.29, 0.717) is 0 Å². The molecule has 0 aliphatic heterocycles. The minimum Gasteiger partial charge on any atom is -0.465 e. The van der Waals surface area contributed by atoms with E-state index in [-0.39, 0.29) is 16.6 Å². The number of carbonyl (C=O) groups excluding carboxylic acids is 1. The normalized spacial score (nSPS) is 12.0. The maximum atomic E-state index is 12.6. The lowest BCUT2D eigenvalue weighted by molar-refractivity contribution is -0.141. The zero-order valence-electron chi connectivity index (χ0n) is 10.4. The van der Waals surface area contributed by atoms with Crippen LogP contribution in [0.25, 0.3) is 0 Å². The van der Waals surface area contributed by atoms with E-state index in [9.17, 15) is 26.4 Å². The Bertz CT molecular complexity index is 557. The molecule has 0 atom stereocenters. The first-order valence-corrected chi connectivity index (χ1v) is 6.94. The third-order valence-corrected chi connectivity index (χ3v) is 3.71. The predicted molar refractivity (Wildman–Crippen MR) is 65.4 cm³/mol. The van der Waals surface area contributed by atoms with Gasteiger partial charge in [-0.2, -0.15) is 21.6 Å². The Hall–Kier alpha value is -1.77. The molecule has 0 aromatic heterocycles. The van der Waals surface area contributed by atoms with Gasteiger partial charge in [-0.1, -0.05) is 18.2 Å². The number of sulfonamides is 1. The first kappa shape index (κ1) is 16.3. The fourth-order valence-electron chi connectivity index (χ4n) is 1.36. The molecule has 0 heterocycles. The van der Waals surface area contributed by atoms with Gasteiger partial charge >= 0.3 is 21.5 Å². The number of esters is 1. The predicted octanol–water partition coefficient (Wildman–Crippen LogP) is 1.91. The summed E-state index contributed by atoms with van der Waals surface area (Å²) < 4.78 is 65.3. The third-order valence-electron chi connectivity index (χ3n) is 2.20. The molecule has 20 heavy (non-hydrogen) atoms. The fourth-order valence-corrected chi connectivity index (χ4v) is 2.28. The number of benzene rings is 1. The highest BCUT2D eigenvalue weighted by Crippen LogP contribution is 2.30. The molecule has 1 rings (SSSR count). The molecule has 112 valence electrons. The van der Waals surface area contributed by atoms with Crippen LogP contribution < -0.4 is 4.31 Å². The largest absolute Gasteiger partial charge is 0.516 e. The molecule has 0 saturated carbocycles. The van der Waals surface area contributed by atoms with E-state index in [0.717, 1.165) is 12.1 Å².